The molecule has 3 aliphatic heterocycles. The first kappa shape index (κ1) is 29.4. The summed E-state index contributed by atoms with van der Waals surface area (Å²) < 4.78 is 14.3. The van der Waals surface area contributed by atoms with E-state index in [-0.39, 0.29) is 24.1 Å². The Bertz CT molecular complexity index is 1780. The molecule has 0 saturated carbocycles. The van der Waals surface area contributed by atoms with Crippen LogP contribution in [0.4, 0.5) is 16.3 Å². The van der Waals surface area contributed by atoms with Crippen molar-refractivity contribution in [3.63, 3.8) is 0 Å². The van der Waals surface area contributed by atoms with Crippen molar-refractivity contribution in [1.29, 1.82) is 0 Å². The summed E-state index contributed by atoms with van der Waals surface area (Å²) in [6.07, 6.45) is 6.82. The number of aromatic nitrogens is 3. The van der Waals surface area contributed by atoms with Gasteiger partial charge in [0.1, 0.15) is 22.8 Å². The summed E-state index contributed by atoms with van der Waals surface area (Å²) in [7, 11) is 3.51. The topological polar surface area (TPSA) is 131 Å². The zero-order valence-electron chi connectivity index (χ0n) is 25.6. The zero-order chi connectivity index (χ0) is 31.1. The van der Waals surface area contributed by atoms with Crippen LogP contribution in [0.25, 0.3) is 21.2 Å². The largest absolute Gasteiger partial charge is 0.488 e. The Hall–Kier alpha value is -4.36. The Morgan fingerprint density at radius 2 is 1.96 bits per heavy atom. The minimum atomic E-state index is -0.371. The van der Waals surface area contributed by atoms with Crippen LogP contribution in [0.1, 0.15) is 41.0 Å². The average molecular weight is 631 g/mol. The fourth-order valence-corrected chi connectivity index (χ4v) is 7.69. The molecule has 2 saturated heterocycles. The number of hydrogen-bond donors (Lipinski definition) is 2. The number of nitrogens with two attached hydrogens (primary N) is 1. The molecule has 13 heteroatoms. The molecular formula is C32H38N8O4S. The molecule has 0 radical (unpaired) electrons. The van der Waals surface area contributed by atoms with Gasteiger partial charge in [0, 0.05) is 48.9 Å². The summed E-state index contributed by atoms with van der Waals surface area (Å²) in [5.41, 5.74) is 9.86. The first-order valence-corrected chi connectivity index (χ1v) is 16.3. The lowest BCUT2D eigenvalue weighted by molar-refractivity contribution is 0.0917. The van der Waals surface area contributed by atoms with Gasteiger partial charge in [-0.2, -0.15) is 5.10 Å². The van der Waals surface area contributed by atoms with Gasteiger partial charge >= 0.3 is 6.09 Å². The van der Waals surface area contributed by atoms with E-state index in [9.17, 15) is 9.59 Å². The number of fused-ring (bicyclic) bond motifs is 2. The standard InChI is InChI=1S/C32H38N8O4S/c1-37-13-10-22(11-14-37)44-28-23-7-3-4-8-26(23)45-29(28)31(41)36-21-6-5-12-38(18-21)25-16-24(40-27(25)30(33)34-19-35-40)20-9-15-39(17-20)32(42)43-2/h3-4,7-9,16,19,21-22H,5-6,10-15,17-18H2,1-2H3,(H,36,41)(H2,33,34,35)/t21-/m1/s1. The maximum atomic E-state index is 13.9. The molecule has 1 aromatic carbocycles. The minimum Gasteiger partial charge on any atom is -0.488 e. The van der Waals surface area contributed by atoms with Crippen molar-refractivity contribution in [1.82, 2.24) is 29.7 Å². The third-order valence-electron chi connectivity index (χ3n) is 9.05. The van der Waals surface area contributed by atoms with Crippen LogP contribution in [0, 0.1) is 0 Å². The van der Waals surface area contributed by atoms with E-state index in [0.29, 0.717) is 36.1 Å². The smallest absolute Gasteiger partial charge is 0.410 e. The van der Waals surface area contributed by atoms with Crippen molar-refractivity contribution in [3.8, 4) is 5.75 Å². The number of methoxy groups -OCH3 is 1. The minimum absolute atomic E-state index is 0.0718. The highest BCUT2D eigenvalue weighted by molar-refractivity contribution is 7.21. The van der Waals surface area contributed by atoms with Gasteiger partial charge in [-0.25, -0.2) is 14.3 Å². The molecule has 236 valence electrons. The van der Waals surface area contributed by atoms with Crippen LogP contribution >= 0.6 is 11.3 Å². The van der Waals surface area contributed by atoms with Gasteiger partial charge in [0.05, 0.1) is 25.0 Å². The van der Waals surface area contributed by atoms with Crippen LogP contribution in [-0.4, -0.2) is 102 Å². The number of nitrogens with zero attached hydrogens (tertiary/aromatic N) is 6. The third-order valence-corrected chi connectivity index (χ3v) is 10.2. The number of amides is 2. The maximum absolute atomic E-state index is 13.9. The number of benzene rings is 1. The predicted molar refractivity (Wildman–Crippen MR) is 175 cm³/mol. The molecule has 3 N–H and O–H groups in total. The first-order chi connectivity index (χ1) is 21.9. The normalized spacial score (nSPS) is 19.7. The summed E-state index contributed by atoms with van der Waals surface area (Å²) >= 11 is 1.49. The number of carbonyl (C=O) groups excluding carboxylic acids is 2. The van der Waals surface area contributed by atoms with Crippen LogP contribution in [0.3, 0.4) is 0 Å². The Morgan fingerprint density at radius 1 is 1.13 bits per heavy atom. The van der Waals surface area contributed by atoms with E-state index >= 15 is 0 Å². The summed E-state index contributed by atoms with van der Waals surface area (Å²) in [5, 5.41) is 8.85. The Kier molecular flexibility index (Phi) is 7.96. The van der Waals surface area contributed by atoms with Gasteiger partial charge in [0.15, 0.2) is 11.6 Å². The Morgan fingerprint density at radius 3 is 2.78 bits per heavy atom. The molecule has 0 aliphatic carbocycles. The molecule has 1 atom stereocenters. The lowest BCUT2D eigenvalue weighted by atomic mass is 10.0. The van der Waals surface area contributed by atoms with Crippen molar-refractivity contribution in [2.24, 2.45) is 0 Å². The number of likely N-dealkylation sites (tertiary alicyclic amines) is 1. The van der Waals surface area contributed by atoms with Gasteiger partial charge in [-0.1, -0.05) is 18.2 Å². The number of anilines is 2. The first-order valence-electron chi connectivity index (χ1n) is 15.5. The Balaban J connectivity index is 1.12. The van der Waals surface area contributed by atoms with Gasteiger partial charge in [-0.3, -0.25) is 4.79 Å². The highest BCUT2D eigenvalue weighted by Gasteiger charge is 2.31. The number of nitrogens with one attached hydrogen (secondary N) is 1. The molecule has 0 bridgehead atoms. The molecule has 0 spiro atoms. The van der Waals surface area contributed by atoms with Crippen molar-refractivity contribution in [2.75, 3.05) is 64.1 Å². The SMILES string of the molecule is COC(=O)N1CC=C(c2cc(N3CCC[C@@H](NC(=O)c4sc5ccccc5c4OC4CCN(C)CC4)C3)c3c(N)ncnn23)C1. The molecule has 12 nitrogen and oxygen atoms in total. The summed E-state index contributed by atoms with van der Waals surface area (Å²) in [6.45, 7) is 4.27. The summed E-state index contributed by atoms with van der Waals surface area (Å²) in [5.74, 6) is 0.978. The number of piperidine rings is 2. The van der Waals surface area contributed by atoms with E-state index in [4.69, 9.17) is 15.2 Å². The molecule has 7 rings (SSSR count). The van der Waals surface area contributed by atoms with Gasteiger partial charge in [0.2, 0.25) is 0 Å². The maximum Gasteiger partial charge on any atom is 0.410 e. The van der Waals surface area contributed by atoms with E-state index in [1.165, 1.54) is 24.8 Å². The molecule has 0 unspecified atom stereocenters. The molecular weight excluding hydrogens is 592 g/mol. The molecule has 3 aliphatic rings. The lowest BCUT2D eigenvalue weighted by Crippen LogP contribution is -2.47. The fraction of sp³-hybridized carbons (Fsp3) is 0.438. The van der Waals surface area contributed by atoms with E-state index in [1.807, 2.05) is 30.3 Å². The van der Waals surface area contributed by atoms with Gasteiger partial charge in [-0.15, -0.1) is 11.3 Å². The summed E-state index contributed by atoms with van der Waals surface area (Å²) in [4.78, 5) is 37.1. The number of nitrogen functional groups attached to an aromatic ring is 1. The van der Waals surface area contributed by atoms with Gasteiger partial charge in [0.25, 0.3) is 5.91 Å². The van der Waals surface area contributed by atoms with Crippen LogP contribution in [0.15, 0.2) is 42.7 Å². The number of hydrogen-bond acceptors (Lipinski definition) is 10. The number of thiophene rings is 1. The highest BCUT2D eigenvalue weighted by Crippen LogP contribution is 2.40. The van der Waals surface area contributed by atoms with Crippen LogP contribution in [-0.2, 0) is 4.74 Å². The zero-order valence-corrected chi connectivity index (χ0v) is 26.4. The van der Waals surface area contributed by atoms with Crippen LogP contribution in [0.5, 0.6) is 5.75 Å². The van der Waals surface area contributed by atoms with Crippen molar-refractivity contribution in [3.05, 3.63) is 53.3 Å². The summed E-state index contributed by atoms with van der Waals surface area (Å²) in [6, 6.07) is 10.1. The van der Waals surface area contributed by atoms with Crippen LogP contribution in [0.2, 0.25) is 0 Å². The van der Waals surface area contributed by atoms with E-state index in [0.717, 1.165) is 77.9 Å². The molecule has 2 amide bonds. The predicted octanol–water partition coefficient (Wildman–Crippen LogP) is 3.86. The number of ether oxygens (including phenoxy) is 2. The molecule has 3 aromatic heterocycles. The molecule has 45 heavy (non-hydrogen) atoms. The quantitative estimate of drug-likeness (QED) is 0.326. The van der Waals surface area contributed by atoms with Crippen LogP contribution < -0.4 is 20.7 Å². The number of rotatable bonds is 6. The molecule has 4 aromatic rings. The van der Waals surface area contributed by atoms with E-state index in [2.05, 4.69) is 38.3 Å². The number of carbonyl (C=O) groups is 2. The van der Waals surface area contributed by atoms with Crippen molar-refractivity contribution < 1.29 is 19.1 Å². The molecule has 2 fully saturated rings. The van der Waals surface area contributed by atoms with Gasteiger partial charge in [-0.05, 0) is 56.5 Å². The molecule has 6 heterocycles. The highest BCUT2D eigenvalue weighted by atomic mass is 32.1. The van der Waals surface area contributed by atoms with E-state index < -0.39 is 0 Å². The second-order valence-electron chi connectivity index (χ2n) is 12.0. The fourth-order valence-electron chi connectivity index (χ4n) is 6.65. The van der Waals surface area contributed by atoms with Crippen molar-refractivity contribution >= 4 is 56.0 Å². The average Bonchev–Trinajstić information content (AvgIpc) is 3.79. The second kappa shape index (κ2) is 12.2. The Labute approximate surface area is 265 Å². The van der Waals surface area contributed by atoms with Gasteiger partial charge < -0.3 is 35.2 Å². The lowest BCUT2D eigenvalue weighted by Gasteiger charge is -2.34. The third kappa shape index (κ3) is 5.66. The monoisotopic (exact) mass is 630 g/mol. The second-order valence-corrected chi connectivity index (χ2v) is 13.1. The van der Waals surface area contributed by atoms with E-state index in [1.54, 1.807) is 9.42 Å². The van der Waals surface area contributed by atoms with Crippen molar-refractivity contribution in [2.45, 2.75) is 37.8 Å².